The van der Waals surface area contributed by atoms with Gasteiger partial charge < -0.3 is 5.11 Å². The van der Waals surface area contributed by atoms with E-state index in [0.717, 1.165) is 24.4 Å². The van der Waals surface area contributed by atoms with Crippen molar-refractivity contribution >= 4 is 17.6 Å². The van der Waals surface area contributed by atoms with Crippen molar-refractivity contribution in [3.8, 4) is 0 Å². The van der Waals surface area contributed by atoms with Crippen molar-refractivity contribution in [2.24, 2.45) is 5.92 Å². The number of halogens is 1. The Morgan fingerprint density at radius 3 is 2.72 bits per heavy atom. The maximum atomic E-state index is 11.1. The molecule has 0 aliphatic carbocycles. The van der Waals surface area contributed by atoms with Crippen molar-refractivity contribution in [2.75, 3.05) is 13.1 Å². The fraction of sp³-hybridized carbons (Fsp3) is 0.500. The van der Waals surface area contributed by atoms with Gasteiger partial charge in [0.15, 0.2) is 0 Å². The van der Waals surface area contributed by atoms with Crippen LogP contribution in [0.15, 0.2) is 24.3 Å². The Labute approximate surface area is 112 Å². The van der Waals surface area contributed by atoms with Gasteiger partial charge >= 0.3 is 5.97 Å². The third-order valence-electron chi connectivity index (χ3n) is 3.70. The zero-order valence-corrected chi connectivity index (χ0v) is 11.2. The molecule has 1 aromatic rings. The molecule has 1 N–H and O–H groups in total. The molecule has 1 aliphatic rings. The van der Waals surface area contributed by atoms with E-state index in [4.69, 9.17) is 16.7 Å². The number of likely N-dealkylation sites (tertiary alicyclic amines) is 1. The highest BCUT2D eigenvalue weighted by molar-refractivity contribution is 6.30. The van der Waals surface area contributed by atoms with Gasteiger partial charge in [0.25, 0.3) is 0 Å². The van der Waals surface area contributed by atoms with E-state index < -0.39 is 5.97 Å². The number of carboxylic acid groups (broad SMARTS) is 1. The number of aliphatic carboxylic acids is 1. The van der Waals surface area contributed by atoms with E-state index in [-0.39, 0.29) is 12.0 Å². The summed E-state index contributed by atoms with van der Waals surface area (Å²) >= 11 is 5.88. The minimum Gasteiger partial charge on any atom is -0.481 e. The molecule has 2 atom stereocenters. The summed E-state index contributed by atoms with van der Waals surface area (Å²) in [5.41, 5.74) is 1.19. The molecule has 0 aromatic heterocycles. The molecule has 1 aromatic carbocycles. The maximum Gasteiger partial charge on any atom is 0.307 e. The lowest BCUT2D eigenvalue weighted by molar-refractivity contribution is -0.143. The fourth-order valence-corrected chi connectivity index (χ4v) is 2.64. The number of carbonyl (C=O) groups is 1. The summed E-state index contributed by atoms with van der Waals surface area (Å²) in [6, 6.07) is 8.02. The SMILES string of the molecule is CC(c1ccc(Cl)cc1)N1CCCC(C(=O)O)C1. The third-order valence-corrected chi connectivity index (χ3v) is 3.95. The average Bonchev–Trinajstić information content (AvgIpc) is 2.39. The molecule has 3 nitrogen and oxygen atoms in total. The first-order valence-electron chi connectivity index (χ1n) is 6.30. The highest BCUT2D eigenvalue weighted by Gasteiger charge is 2.28. The van der Waals surface area contributed by atoms with E-state index in [1.54, 1.807) is 0 Å². The van der Waals surface area contributed by atoms with Crippen molar-refractivity contribution in [1.82, 2.24) is 4.90 Å². The molecule has 2 unspecified atom stereocenters. The Balaban J connectivity index is 2.06. The molecule has 0 amide bonds. The second-order valence-electron chi connectivity index (χ2n) is 4.90. The van der Waals surface area contributed by atoms with Crippen molar-refractivity contribution < 1.29 is 9.90 Å². The Morgan fingerprint density at radius 2 is 2.11 bits per heavy atom. The van der Waals surface area contributed by atoms with Gasteiger partial charge in [0, 0.05) is 17.6 Å². The van der Waals surface area contributed by atoms with Gasteiger partial charge in [-0.05, 0) is 44.0 Å². The molecular weight excluding hydrogens is 250 g/mol. The van der Waals surface area contributed by atoms with Gasteiger partial charge in [0.05, 0.1) is 5.92 Å². The van der Waals surface area contributed by atoms with Crippen LogP contribution in [0.25, 0.3) is 0 Å². The Bertz CT molecular complexity index is 418. The van der Waals surface area contributed by atoms with E-state index in [9.17, 15) is 4.79 Å². The summed E-state index contributed by atoms with van der Waals surface area (Å²) in [5.74, 6) is -0.906. The highest BCUT2D eigenvalue weighted by Crippen LogP contribution is 2.27. The molecule has 1 fully saturated rings. The Kier molecular flexibility index (Phi) is 4.25. The number of rotatable bonds is 3. The van der Waals surface area contributed by atoms with Crippen LogP contribution in [0, 0.1) is 5.92 Å². The van der Waals surface area contributed by atoms with E-state index >= 15 is 0 Å². The molecule has 1 saturated heterocycles. The number of hydrogen-bond acceptors (Lipinski definition) is 2. The van der Waals surface area contributed by atoms with E-state index in [2.05, 4.69) is 11.8 Å². The first kappa shape index (κ1) is 13.4. The van der Waals surface area contributed by atoms with E-state index in [1.807, 2.05) is 24.3 Å². The molecule has 0 radical (unpaired) electrons. The molecule has 0 spiro atoms. The fourth-order valence-electron chi connectivity index (χ4n) is 2.51. The highest BCUT2D eigenvalue weighted by atomic mass is 35.5. The second kappa shape index (κ2) is 5.72. The number of nitrogens with zero attached hydrogens (tertiary/aromatic N) is 1. The van der Waals surface area contributed by atoms with Crippen LogP contribution in [-0.4, -0.2) is 29.1 Å². The predicted molar refractivity (Wildman–Crippen MR) is 71.8 cm³/mol. The minimum absolute atomic E-state index is 0.228. The Hall–Kier alpha value is -1.06. The lowest BCUT2D eigenvalue weighted by Crippen LogP contribution is -2.40. The van der Waals surface area contributed by atoms with Gasteiger partial charge in [-0.2, -0.15) is 0 Å². The van der Waals surface area contributed by atoms with Crippen LogP contribution in [0.2, 0.25) is 5.02 Å². The monoisotopic (exact) mass is 267 g/mol. The van der Waals surface area contributed by atoms with E-state index in [0.29, 0.717) is 6.54 Å². The molecular formula is C14H18ClNO2. The lowest BCUT2D eigenvalue weighted by atomic mass is 9.95. The molecule has 1 aliphatic heterocycles. The third kappa shape index (κ3) is 3.03. The summed E-state index contributed by atoms with van der Waals surface area (Å²) < 4.78 is 0. The topological polar surface area (TPSA) is 40.5 Å². The zero-order chi connectivity index (χ0) is 13.1. The lowest BCUT2D eigenvalue weighted by Gasteiger charge is -2.35. The first-order valence-corrected chi connectivity index (χ1v) is 6.68. The molecule has 18 heavy (non-hydrogen) atoms. The van der Waals surface area contributed by atoms with Crippen molar-refractivity contribution in [3.05, 3.63) is 34.9 Å². The zero-order valence-electron chi connectivity index (χ0n) is 10.5. The summed E-state index contributed by atoms with van der Waals surface area (Å²) in [4.78, 5) is 13.3. The predicted octanol–water partition coefficient (Wildman–Crippen LogP) is 3.20. The van der Waals surface area contributed by atoms with Gasteiger partial charge in [0.2, 0.25) is 0 Å². The molecule has 1 heterocycles. The standard InChI is InChI=1S/C14H18ClNO2/c1-10(11-4-6-13(15)7-5-11)16-8-2-3-12(9-16)14(17)18/h4-7,10,12H,2-3,8-9H2,1H3,(H,17,18). The summed E-state index contributed by atoms with van der Waals surface area (Å²) in [6.45, 7) is 3.72. The van der Waals surface area contributed by atoms with Crippen LogP contribution in [-0.2, 0) is 4.79 Å². The summed E-state index contributed by atoms with van der Waals surface area (Å²) in [7, 11) is 0. The quantitative estimate of drug-likeness (QED) is 0.914. The van der Waals surface area contributed by atoms with Gasteiger partial charge in [-0.15, -0.1) is 0 Å². The molecule has 0 bridgehead atoms. The number of hydrogen-bond donors (Lipinski definition) is 1. The largest absolute Gasteiger partial charge is 0.481 e. The van der Waals surface area contributed by atoms with Crippen molar-refractivity contribution in [2.45, 2.75) is 25.8 Å². The van der Waals surface area contributed by atoms with Gasteiger partial charge in [-0.1, -0.05) is 23.7 Å². The van der Waals surface area contributed by atoms with Gasteiger partial charge in [0.1, 0.15) is 0 Å². The van der Waals surface area contributed by atoms with Crippen molar-refractivity contribution in [3.63, 3.8) is 0 Å². The van der Waals surface area contributed by atoms with Gasteiger partial charge in [-0.25, -0.2) is 0 Å². The first-order chi connectivity index (χ1) is 8.58. The number of carboxylic acids is 1. The van der Waals surface area contributed by atoms with Crippen LogP contribution < -0.4 is 0 Å². The number of piperidine rings is 1. The van der Waals surface area contributed by atoms with Crippen LogP contribution in [0.1, 0.15) is 31.4 Å². The average molecular weight is 268 g/mol. The second-order valence-corrected chi connectivity index (χ2v) is 5.34. The van der Waals surface area contributed by atoms with Crippen LogP contribution >= 0.6 is 11.6 Å². The van der Waals surface area contributed by atoms with Crippen LogP contribution in [0.4, 0.5) is 0 Å². The molecule has 0 saturated carbocycles. The van der Waals surface area contributed by atoms with E-state index in [1.165, 1.54) is 5.56 Å². The van der Waals surface area contributed by atoms with Crippen molar-refractivity contribution in [1.29, 1.82) is 0 Å². The molecule has 98 valence electrons. The van der Waals surface area contributed by atoms with Crippen LogP contribution in [0.5, 0.6) is 0 Å². The minimum atomic E-state index is -0.678. The number of benzene rings is 1. The molecule has 2 rings (SSSR count). The normalized spacial score (nSPS) is 22.7. The molecule has 4 heteroatoms. The maximum absolute atomic E-state index is 11.1. The van der Waals surface area contributed by atoms with Gasteiger partial charge in [-0.3, -0.25) is 9.69 Å². The van der Waals surface area contributed by atoms with Crippen LogP contribution in [0.3, 0.4) is 0 Å². The smallest absolute Gasteiger partial charge is 0.307 e. The summed E-state index contributed by atoms with van der Waals surface area (Å²) in [5, 5.41) is 9.83. The summed E-state index contributed by atoms with van der Waals surface area (Å²) in [6.07, 6.45) is 1.74. The Morgan fingerprint density at radius 1 is 1.44 bits per heavy atom.